The summed E-state index contributed by atoms with van der Waals surface area (Å²) < 4.78 is 6.83. The first-order chi connectivity index (χ1) is 15.5. The maximum atomic E-state index is 13.2. The van der Waals surface area contributed by atoms with Crippen LogP contribution >= 0.6 is 23.2 Å². The van der Waals surface area contributed by atoms with Crippen molar-refractivity contribution in [1.29, 1.82) is 0 Å². The van der Waals surface area contributed by atoms with Gasteiger partial charge in [0.05, 0.1) is 29.2 Å². The van der Waals surface area contributed by atoms with Gasteiger partial charge in [-0.2, -0.15) is 5.10 Å². The summed E-state index contributed by atoms with van der Waals surface area (Å²) in [5, 5.41) is 7.44. The lowest BCUT2D eigenvalue weighted by Crippen LogP contribution is -2.34. The van der Waals surface area contributed by atoms with Crippen molar-refractivity contribution in [3.63, 3.8) is 0 Å². The molecule has 1 atom stereocenters. The molecule has 0 saturated carbocycles. The minimum Gasteiger partial charge on any atom is -0.467 e. The molecule has 7 nitrogen and oxygen atoms in total. The lowest BCUT2D eigenvalue weighted by molar-refractivity contribution is -0.134. The van der Waals surface area contributed by atoms with Gasteiger partial charge in [-0.3, -0.25) is 14.2 Å². The molecule has 4 aromatic rings. The number of furan rings is 1. The molecule has 0 fully saturated rings. The summed E-state index contributed by atoms with van der Waals surface area (Å²) in [7, 11) is 0. The Kier molecular flexibility index (Phi) is 5.28. The predicted molar refractivity (Wildman–Crippen MR) is 122 cm³/mol. The van der Waals surface area contributed by atoms with Crippen LogP contribution < -0.4 is 5.56 Å². The normalized spacial score (nSPS) is 15.9. The highest BCUT2D eigenvalue weighted by Gasteiger charge is 2.35. The maximum absolute atomic E-state index is 13.2. The summed E-state index contributed by atoms with van der Waals surface area (Å²) in [5.41, 5.74) is 1.75. The maximum Gasteiger partial charge on any atom is 0.263 e. The third kappa shape index (κ3) is 3.81. The van der Waals surface area contributed by atoms with Crippen LogP contribution in [-0.4, -0.2) is 26.2 Å². The summed E-state index contributed by atoms with van der Waals surface area (Å²) in [6.45, 7) is -0.209. The zero-order chi connectivity index (χ0) is 22.2. The molecule has 0 saturated heterocycles. The fraction of sp³-hybridized carbons (Fsp3) is 0.130. The summed E-state index contributed by atoms with van der Waals surface area (Å²) in [6.07, 6.45) is 3.38. The molecule has 0 N–H and O–H groups in total. The molecule has 0 aliphatic carbocycles. The largest absolute Gasteiger partial charge is 0.467 e. The van der Waals surface area contributed by atoms with Crippen molar-refractivity contribution in [2.75, 3.05) is 0 Å². The number of aromatic nitrogens is 2. The van der Waals surface area contributed by atoms with Crippen LogP contribution in [0.25, 0.3) is 10.9 Å². The van der Waals surface area contributed by atoms with Gasteiger partial charge in [0.15, 0.2) is 0 Å². The molecule has 9 heteroatoms. The van der Waals surface area contributed by atoms with Gasteiger partial charge in [0, 0.05) is 16.5 Å². The number of nitrogens with zero attached hydrogens (tertiary/aromatic N) is 4. The van der Waals surface area contributed by atoms with E-state index < -0.39 is 6.04 Å². The van der Waals surface area contributed by atoms with E-state index in [4.69, 9.17) is 27.6 Å². The van der Waals surface area contributed by atoms with E-state index in [1.807, 2.05) is 12.1 Å². The molecule has 5 rings (SSSR count). The first-order valence-corrected chi connectivity index (χ1v) is 10.6. The molecule has 1 aliphatic heterocycles. The smallest absolute Gasteiger partial charge is 0.263 e. The summed E-state index contributed by atoms with van der Waals surface area (Å²) in [5.74, 6) is 0.261. The molecular formula is C23H16Cl2N4O3. The van der Waals surface area contributed by atoms with Crippen molar-refractivity contribution in [1.82, 2.24) is 14.6 Å². The number of carbonyl (C=O) groups excluding carboxylic acids is 1. The van der Waals surface area contributed by atoms with E-state index in [1.165, 1.54) is 15.9 Å². The van der Waals surface area contributed by atoms with E-state index in [0.29, 0.717) is 33.1 Å². The zero-order valence-electron chi connectivity index (χ0n) is 16.6. The van der Waals surface area contributed by atoms with Gasteiger partial charge >= 0.3 is 0 Å². The van der Waals surface area contributed by atoms with Crippen LogP contribution in [0.3, 0.4) is 0 Å². The van der Waals surface area contributed by atoms with E-state index in [0.717, 1.165) is 11.3 Å². The molecule has 0 spiro atoms. The number of hydrazone groups is 1. The van der Waals surface area contributed by atoms with Gasteiger partial charge in [-0.1, -0.05) is 35.3 Å². The van der Waals surface area contributed by atoms with Crippen LogP contribution in [0.2, 0.25) is 10.0 Å². The molecule has 2 aromatic heterocycles. The summed E-state index contributed by atoms with van der Waals surface area (Å²) >= 11 is 12.0. The fourth-order valence-electron chi connectivity index (χ4n) is 3.72. The van der Waals surface area contributed by atoms with Crippen LogP contribution in [0, 0.1) is 0 Å². The first kappa shape index (κ1) is 20.5. The minimum absolute atomic E-state index is 0.209. The summed E-state index contributed by atoms with van der Waals surface area (Å²) in [6, 6.07) is 15.3. The zero-order valence-corrected chi connectivity index (χ0v) is 18.1. The Balaban J connectivity index is 1.48. The second-order valence-electron chi connectivity index (χ2n) is 7.37. The van der Waals surface area contributed by atoms with Gasteiger partial charge in [-0.05, 0) is 48.0 Å². The molecule has 0 bridgehead atoms. The minimum atomic E-state index is -0.411. The van der Waals surface area contributed by atoms with Crippen molar-refractivity contribution in [2.24, 2.45) is 5.10 Å². The predicted octanol–water partition coefficient (Wildman–Crippen LogP) is 4.67. The third-order valence-electron chi connectivity index (χ3n) is 5.31. The van der Waals surface area contributed by atoms with E-state index in [9.17, 15) is 9.59 Å². The highest BCUT2D eigenvalue weighted by Crippen LogP contribution is 2.33. The van der Waals surface area contributed by atoms with E-state index in [-0.39, 0.29) is 18.0 Å². The van der Waals surface area contributed by atoms with E-state index in [2.05, 4.69) is 10.1 Å². The topological polar surface area (TPSA) is 80.7 Å². The average molecular weight is 467 g/mol. The Hall–Kier alpha value is -3.42. The lowest BCUT2D eigenvalue weighted by Gasteiger charge is -2.20. The molecule has 0 radical (unpaired) electrons. The van der Waals surface area contributed by atoms with Crippen molar-refractivity contribution in [2.45, 2.75) is 19.0 Å². The van der Waals surface area contributed by atoms with E-state index in [1.54, 1.807) is 48.7 Å². The number of rotatable bonds is 4. The number of halogens is 2. The van der Waals surface area contributed by atoms with Crippen LogP contribution in [0.15, 0.2) is 81.5 Å². The van der Waals surface area contributed by atoms with Gasteiger partial charge in [0.1, 0.15) is 18.3 Å². The van der Waals surface area contributed by atoms with Crippen LogP contribution in [0.5, 0.6) is 0 Å². The van der Waals surface area contributed by atoms with Crippen LogP contribution in [0.1, 0.15) is 23.8 Å². The van der Waals surface area contributed by atoms with Gasteiger partial charge in [-0.25, -0.2) is 9.99 Å². The Morgan fingerprint density at radius 1 is 1.09 bits per heavy atom. The highest BCUT2D eigenvalue weighted by molar-refractivity contribution is 6.31. The van der Waals surface area contributed by atoms with Gasteiger partial charge in [-0.15, -0.1) is 0 Å². The molecular weight excluding hydrogens is 451 g/mol. The molecule has 1 unspecified atom stereocenters. The Morgan fingerprint density at radius 2 is 1.88 bits per heavy atom. The van der Waals surface area contributed by atoms with Crippen molar-refractivity contribution in [3.05, 3.63) is 98.9 Å². The number of fused-ring (bicyclic) bond motifs is 1. The fourth-order valence-corrected chi connectivity index (χ4v) is 4.01. The monoisotopic (exact) mass is 466 g/mol. The van der Waals surface area contributed by atoms with Gasteiger partial charge < -0.3 is 4.42 Å². The molecule has 2 aromatic carbocycles. The Morgan fingerprint density at radius 3 is 2.62 bits per heavy atom. The van der Waals surface area contributed by atoms with Crippen molar-refractivity contribution in [3.8, 4) is 0 Å². The van der Waals surface area contributed by atoms with E-state index >= 15 is 0 Å². The molecule has 160 valence electrons. The highest BCUT2D eigenvalue weighted by atomic mass is 35.5. The SMILES string of the molecule is O=C(Cn1cnc2cc(Cl)ccc2c1=O)N1N=C(c2ccc(Cl)cc2)CC1c1ccco1. The average Bonchev–Trinajstić information content (AvgIpc) is 3.46. The van der Waals surface area contributed by atoms with Crippen molar-refractivity contribution >= 4 is 45.7 Å². The number of carbonyl (C=O) groups is 1. The number of hydrogen-bond donors (Lipinski definition) is 0. The molecule has 32 heavy (non-hydrogen) atoms. The lowest BCUT2D eigenvalue weighted by atomic mass is 10.0. The Bertz CT molecular complexity index is 1400. The summed E-state index contributed by atoms with van der Waals surface area (Å²) in [4.78, 5) is 30.4. The van der Waals surface area contributed by atoms with Gasteiger partial charge in [0.2, 0.25) is 0 Å². The number of benzene rings is 2. The second-order valence-corrected chi connectivity index (χ2v) is 8.24. The standard InChI is InChI=1S/C23H16Cl2N4O3/c24-15-5-3-14(4-6-15)18-11-20(21-2-1-9-32-21)29(27-18)22(30)12-28-13-26-19-10-16(25)7-8-17(19)23(28)31/h1-10,13,20H,11-12H2. The van der Waals surface area contributed by atoms with Crippen LogP contribution in [-0.2, 0) is 11.3 Å². The number of hydrogen-bond acceptors (Lipinski definition) is 5. The quantitative estimate of drug-likeness (QED) is 0.437. The molecule has 1 amide bonds. The second kappa shape index (κ2) is 8.26. The van der Waals surface area contributed by atoms with Crippen LogP contribution in [0.4, 0.5) is 0 Å². The third-order valence-corrected chi connectivity index (χ3v) is 5.79. The van der Waals surface area contributed by atoms with Gasteiger partial charge in [0.25, 0.3) is 11.5 Å². The molecule has 1 aliphatic rings. The Labute approximate surface area is 192 Å². The first-order valence-electron chi connectivity index (χ1n) is 9.83. The van der Waals surface area contributed by atoms with Crippen molar-refractivity contribution < 1.29 is 9.21 Å². The number of amides is 1. The molecule has 3 heterocycles.